The van der Waals surface area contributed by atoms with E-state index in [-0.39, 0.29) is 11.4 Å². The molecule has 98 valence electrons. The Balaban J connectivity index is 2.25. The lowest BCUT2D eigenvalue weighted by molar-refractivity contribution is -0.120. The highest BCUT2D eigenvalue weighted by molar-refractivity contribution is 5.71. The molecule has 0 fully saturated rings. The van der Waals surface area contributed by atoms with E-state index in [1.807, 2.05) is 0 Å². The van der Waals surface area contributed by atoms with E-state index in [4.69, 9.17) is 0 Å². The van der Waals surface area contributed by atoms with E-state index >= 15 is 0 Å². The highest BCUT2D eigenvalue weighted by Crippen LogP contribution is 2.42. The van der Waals surface area contributed by atoms with Crippen LogP contribution in [0.2, 0.25) is 0 Å². The Morgan fingerprint density at radius 1 is 0.737 bits per heavy atom. The van der Waals surface area contributed by atoms with E-state index < -0.39 is 6.30 Å². The summed E-state index contributed by atoms with van der Waals surface area (Å²) in [4.78, 5) is 0.491. The maximum Gasteiger partial charge on any atom is 0.489 e. The molecule has 0 N–H and O–H groups in total. The van der Waals surface area contributed by atoms with Gasteiger partial charge in [0.2, 0.25) is 0 Å². The summed E-state index contributed by atoms with van der Waals surface area (Å²) in [6.07, 6.45) is -3.17. The van der Waals surface area contributed by atoms with E-state index in [0.717, 1.165) is 11.1 Å². The van der Waals surface area contributed by atoms with E-state index in [1.54, 1.807) is 36.4 Å². The van der Waals surface area contributed by atoms with Gasteiger partial charge in [0, 0.05) is 0 Å². The lowest BCUT2D eigenvalue weighted by Crippen LogP contribution is -2.34. The topological polar surface area (TPSA) is 3.24 Å². The third-order valence-electron chi connectivity index (χ3n) is 3.38. The number of fused-ring (bicyclic) bond motifs is 2. The van der Waals surface area contributed by atoms with Crippen LogP contribution in [0.3, 0.4) is 0 Å². The van der Waals surface area contributed by atoms with Gasteiger partial charge in [-0.2, -0.15) is 0 Å². The van der Waals surface area contributed by atoms with Crippen molar-refractivity contribution in [2.75, 3.05) is 4.90 Å². The summed E-state index contributed by atoms with van der Waals surface area (Å²) in [5, 5.41) is 0. The Morgan fingerprint density at radius 3 is 1.58 bits per heavy atom. The van der Waals surface area contributed by atoms with Crippen molar-refractivity contribution in [2.45, 2.75) is 19.1 Å². The van der Waals surface area contributed by atoms with Crippen molar-refractivity contribution in [1.29, 1.82) is 0 Å². The Kier molecular flexibility index (Phi) is 2.73. The van der Waals surface area contributed by atoms with Gasteiger partial charge in [0.25, 0.3) is 0 Å². The Morgan fingerprint density at radius 2 is 1.16 bits per heavy atom. The van der Waals surface area contributed by atoms with Gasteiger partial charge in [0.05, 0.1) is 11.4 Å². The number of benzene rings is 2. The number of rotatable bonds is 0. The van der Waals surface area contributed by atoms with Crippen molar-refractivity contribution in [2.24, 2.45) is 0 Å². The second-order valence-electron chi connectivity index (χ2n) is 4.56. The molecule has 0 unspecified atom stereocenters. The number of nitrogens with zero attached hydrogens (tertiary/aromatic N) is 1. The first-order valence-electron chi connectivity index (χ1n) is 6.10. The predicted octanol–water partition coefficient (Wildman–Crippen LogP) is 4.44. The quantitative estimate of drug-likeness (QED) is 0.635. The molecular formula is C15H12F3N. The number of aryl methyl sites for hydroxylation is 2. The number of anilines is 2. The summed E-state index contributed by atoms with van der Waals surface area (Å²) in [5.74, 6) is 0. The first kappa shape index (κ1) is 12.1. The van der Waals surface area contributed by atoms with Gasteiger partial charge in [-0.15, -0.1) is 13.2 Å². The SMILES string of the molecule is FC(F)(F)N1c2ccccc2CCc2ccccc21. The van der Waals surface area contributed by atoms with Crippen LogP contribution in [0, 0.1) is 0 Å². The summed E-state index contributed by atoms with van der Waals surface area (Å²) in [6, 6.07) is 13.4. The molecule has 0 saturated heterocycles. The van der Waals surface area contributed by atoms with Crippen LogP contribution in [0.4, 0.5) is 24.5 Å². The molecule has 3 rings (SSSR count). The second-order valence-corrected chi connectivity index (χ2v) is 4.56. The molecule has 0 amide bonds. The van der Waals surface area contributed by atoms with E-state index in [0.29, 0.717) is 17.7 Å². The smallest absolute Gasteiger partial charge is 0.252 e. The minimum atomic E-state index is -4.42. The van der Waals surface area contributed by atoms with Crippen LogP contribution in [0.5, 0.6) is 0 Å². The average molecular weight is 263 g/mol. The maximum atomic E-state index is 13.4. The fourth-order valence-corrected chi connectivity index (χ4v) is 2.55. The molecule has 0 spiro atoms. The zero-order valence-corrected chi connectivity index (χ0v) is 10.1. The summed E-state index contributed by atoms with van der Waals surface area (Å²) in [7, 11) is 0. The molecular weight excluding hydrogens is 251 g/mol. The molecule has 0 atom stereocenters. The normalized spacial score (nSPS) is 14.6. The summed E-state index contributed by atoms with van der Waals surface area (Å²) < 4.78 is 40.2. The van der Waals surface area contributed by atoms with Gasteiger partial charge >= 0.3 is 6.30 Å². The van der Waals surface area contributed by atoms with Crippen LogP contribution < -0.4 is 4.90 Å². The molecule has 4 heteroatoms. The third-order valence-corrected chi connectivity index (χ3v) is 3.38. The summed E-state index contributed by atoms with van der Waals surface area (Å²) in [6.45, 7) is 0. The zero-order valence-electron chi connectivity index (χ0n) is 10.1. The minimum Gasteiger partial charge on any atom is -0.252 e. The minimum absolute atomic E-state index is 0.236. The van der Waals surface area contributed by atoms with Gasteiger partial charge in [0.15, 0.2) is 0 Å². The molecule has 2 aromatic rings. The Hall–Kier alpha value is -1.97. The van der Waals surface area contributed by atoms with Crippen LogP contribution >= 0.6 is 0 Å². The number of halogens is 3. The van der Waals surface area contributed by atoms with Crippen LogP contribution in [0.15, 0.2) is 48.5 Å². The molecule has 0 aliphatic carbocycles. The van der Waals surface area contributed by atoms with Crippen LogP contribution in [0.1, 0.15) is 11.1 Å². The molecule has 19 heavy (non-hydrogen) atoms. The van der Waals surface area contributed by atoms with Gasteiger partial charge in [-0.3, -0.25) is 4.90 Å². The number of alkyl halides is 3. The number of hydrogen-bond donors (Lipinski definition) is 0. The van der Waals surface area contributed by atoms with Gasteiger partial charge < -0.3 is 0 Å². The number of hydrogen-bond acceptors (Lipinski definition) is 1. The lowest BCUT2D eigenvalue weighted by Gasteiger charge is -2.28. The van der Waals surface area contributed by atoms with Crippen molar-refractivity contribution >= 4 is 11.4 Å². The Labute approximate surface area is 109 Å². The first-order chi connectivity index (χ1) is 9.07. The predicted molar refractivity (Wildman–Crippen MR) is 68.5 cm³/mol. The van der Waals surface area contributed by atoms with Crippen molar-refractivity contribution in [3.63, 3.8) is 0 Å². The molecule has 0 aromatic heterocycles. The highest BCUT2D eigenvalue weighted by atomic mass is 19.4. The van der Waals surface area contributed by atoms with Crippen molar-refractivity contribution in [3.05, 3.63) is 59.7 Å². The molecule has 1 aliphatic rings. The summed E-state index contributed by atoms with van der Waals surface area (Å²) >= 11 is 0. The van der Waals surface area contributed by atoms with Gasteiger partial charge in [-0.05, 0) is 36.1 Å². The van der Waals surface area contributed by atoms with Gasteiger partial charge in [-0.1, -0.05) is 36.4 Å². The van der Waals surface area contributed by atoms with E-state index in [9.17, 15) is 13.2 Å². The Bertz CT molecular complexity index is 557. The molecule has 0 saturated carbocycles. The largest absolute Gasteiger partial charge is 0.489 e. The standard InChI is InChI=1S/C15H12F3N/c16-15(17,18)19-13-7-3-1-5-11(13)9-10-12-6-2-4-8-14(12)19/h1-8H,9-10H2. The third kappa shape index (κ3) is 2.07. The molecule has 0 bridgehead atoms. The van der Waals surface area contributed by atoms with E-state index in [2.05, 4.69) is 0 Å². The molecule has 1 heterocycles. The summed E-state index contributed by atoms with van der Waals surface area (Å²) in [5.41, 5.74) is 1.94. The fraction of sp³-hybridized carbons (Fsp3) is 0.200. The molecule has 2 aromatic carbocycles. The van der Waals surface area contributed by atoms with Gasteiger partial charge in [-0.25, -0.2) is 0 Å². The van der Waals surface area contributed by atoms with Crippen molar-refractivity contribution in [3.8, 4) is 0 Å². The molecule has 1 nitrogen and oxygen atoms in total. The molecule has 0 radical (unpaired) electrons. The van der Waals surface area contributed by atoms with Crippen molar-refractivity contribution < 1.29 is 13.2 Å². The monoisotopic (exact) mass is 263 g/mol. The van der Waals surface area contributed by atoms with Gasteiger partial charge in [0.1, 0.15) is 0 Å². The molecule has 1 aliphatic heterocycles. The average Bonchev–Trinajstić information content (AvgIpc) is 2.54. The van der Waals surface area contributed by atoms with E-state index in [1.165, 1.54) is 12.1 Å². The second kappa shape index (κ2) is 4.30. The highest BCUT2D eigenvalue weighted by Gasteiger charge is 2.41. The first-order valence-corrected chi connectivity index (χ1v) is 6.10. The number of para-hydroxylation sites is 2. The fourth-order valence-electron chi connectivity index (χ4n) is 2.55. The van der Waals surface area contributed by atoms with Crippen molar-refractivity contribution in [1.82, 2.24) is 0 Å². The van der Waals surface area contributed by atoms with Crippen LogP contribution in [-0.4, -0.2) is 6.30 Å². The van der Waals surface area contributed by atoms with Crippen LogP contribution in [-0.2, 0) is 12.8 Å². The maximum absolute atomic E-state index is 13.4. The zero-order chi connectivity index (χ0) is 13.5. The van der Waals surface area contributed by atoms with Crippen LogP contribution in [0.25, 0.3) is 0 Å². The lowest BCUT2D eigenvalue weighted by atomic mass is 10.0.